The van der Waals surface area contributed by atoms with Crippen molar-refractivity contribution in [2.24, 2.45) is 5.73 Å². The Balaban J connectivity index is 1.60. The molecule has 2 saturated heterocycles. The first kappa shape index (κ1) is 24.4. The van der Waals surface area contributed by atoms with E-state index in [2.05, 4.69) is 0 Å². The molecule has 12 heteroatoms. The van der Waals surface area contributed by atoms with Crippen LogP contribution in [-0.4, -0.2) is 50.3 Å². The normalized spacial score (nSPS) is 29.9. The molecular formula is C24H24F4N4O4. The van der Waals surface area contributed by atoms with E-state index in [4.69, 9.17) is 10.6 Å². The number of rotatable bonds is 3. The fourth-order valence-electron chi connectivity index (χ4n) is 5.60. The molecule has 0 aliphatic carbocycles. The number of hydrogen-bond acceptors (Lipinski definition) is 5. The lowest BCUT2D eigenvalue weighted by Crippen LogP contribution is -2.52. The van der Waals surface area contributed by atoms with Gasteiger partial charge in [-0.25, -0.2) is 17.6 Å². The summed E-state index contributed by atoms with van der Waals surface area (Å²) in [7, 11) is 0. The summed E-state index contributed by atoms with van der Waals surface area (Å²) in [6.45, 7) is 2.49. The summed E-state index contributed by atoms with van der Waals surface area (Å²) in [5.41, 5.74) is 2.47. The van der Waals surface area contributed by atoms with E-state index in [0.717, 1.165) is 11.1 Å². The van der Waals surface area contributed by atoms with Crippen LogP contribution in [0.25, 0.3) is 0 Å². The molecule has 4 unspecified atom stereocenters. The van der Waals surface area contributed by atoms with Crippen LogP contribution in [0.1, 0.15) is 65.6 Å². The number of alkyl halides is 1. The Bertz CT molecular complexity index is 1320. The van der Waals surface area contributed by atoms with Crippen LogP contribution in [0.15, 0.2) is 29.2 Å². The van der Waals surface area contributed by atoms with Gasteiger partial charge in [-0.3, -0.25) is 19.2 Å². The second-order valence-corrected chi connectivity index (χ2v) is 9.93. The Morgan fingerprint density at radius 2 is 1.86 bits per heavy atom. The SMILES string of the molecule is CC1CCC2(CC(C)(F)N(Cc3c(F)cc(F)cc3F)O2)C2CN1C(=O)c1cc(=O)c(C(N)=O)cn12. The molecule has 2 aromatic rings. The number of benzene rings is 1. The van der Waals surface area contributed by atoms with Crippen molar-refractivity contribution in [1.29, 1.82) is 0 Å². The van der Waals surface area contributed by atoms with E-state index in [9.17, 15) is 27.6 Å². The minimum absolute atomic E-state index is 0.00705. The van der Waals surface area contributed by atoms with Gasteiger partial charge in [-0.2, -0.15) is 0 Å². The standard InChI is InChI=1S/C24H24F4N4O4/c1-12-3-4-24(11-23(2,28)32(36-24)9-14-16(26)5-13(25)6-17(14)27)20-10-30(12)22(35)18-7-19(33)15(21(29)34)8-31(18)20/h5-8,12,20H,3-4,9-11H2,1-2H3,(H2,29,34). The molecule has 2 N–H and O–H groups in total. The molecule has 2 bridgehead atoms. The highest BCUT2D eigenvalue weighted by Gasteiger charge is 2.60. The van der Waals surface area contributed by atoms with Crippen molar-refractivity contribution in [2.75, 3.05) is 6.54 Å². The number of halogens is 4. The molecule has 0 saturated carbocycles. The number of nitrogens with two attached hydrogens (primary N) is 1. The number of hydroxylamine groups is 2. The largest absolute Gasteiger partial charge is 0.365 e. The first-order valence-electron chi connectivity index (χ1n) is 11.5. The van der Waals surface area contributed by atoms with Gasteiger partial charge in [0.15, 0.2) is 11.2 Å². The van der Waals surface area contributed by atoms with Crippen LogP contribution in [-0.2, 0) is 11.4 Å². The zero-order chi connectivity index (χ0) is 26.2. The Morgan fingerprint density at radius 3 is 2.50 bits per heavy atom. The van der Waals surface area contributed by atoms with E-state index >= 15 is 4.39 Å². The van der Waals surface area contributed by atoms with Gasteiger partial charge >= 0.3 is 0 Å². The molecule has 4 atom stereocenters. The highest BCUT2D eigenvalue weighted by Crippen LogP contribution is 2.52. The molecule has 1 spiro atoms. The van der Waals surface area contributed by atoms with Gasteiger partial charge in [0, 0.05) is 49.0 Å². The lowest BCUT2D eigenvalue weighted by Gasteiger charge is -2.42. The highest BCUT2D eigenvalue weighted by atomic mass is 19.2. The third kappa shape index (κ3) is 3.70. The van der Waals surface area contributed by atoms with Gasteiger partial charge in [-0.05, 0) is 26.7 Å². The molecule has 1 aromatic carbocycles. The summed E-state index contributed by atoms with van der Waals surface area (Å²) in [5.74, 6) is -7.05. The average Bonchev–Trinajstić information content (AvgIpc) is 2.97. The van der Waals surface area contributed by atoms with Crippen molar-refractivity contribution < 1.29 is 32.0 Å². The average molecular weight is 508 g/mol. The number of nitrogens with zero attached hydrogens (tertiary/aromatic N) is 3. The van der Waals surface area contributed by atoms with Gasteiger partial charge in [0.25, 0.3) is 11.8 Å². The quantitative estimate of drug-likeness (QED) is 0.508. The summed E-state index contributed by atoms with van der Waals surface area (Å²) >= 11 is 0. The number of primary amides is 1. The lowest BCUT2D eigenvalue weighted by molar-refractivity contribution is -0.260. The molecule has 2 amide bonds. The van der Waals surface area contributed by atoms with Crippen molar-refractivity contribution in [3.05, 3.63) is 68.9 Å². The van der Waals surface area contributed by atoms with E-state index in [-0.39, 0.29) is 36.7 Å². The predicted octanol–water partition coefficient (Wildman–Crippen LogP) is 2.81. The minimum atomic E-state index is -2.20. The molecule has 36 heavy (non-hydrogen) atoms. The Labute approximate surface area is 203 Å². The Kier molecular flexibility index (Phi) is 5.52. The fraction of sp³-hybridized carbons (Fsp3) is 0.458. The van der Waals surface area contributed by atoms with E-state index in [1.165, 1.54) is 17.7 Å². The van der Waals surface area contributed by atoms with Crippen molar-refractivity contribution in [2.45, 2.75) is 63.1 Å². The zero-order valence-corrected chi connectivity index (χ0v) is 19.6. The number of hydrogen-bond donors (Lipinski definition) is 1. The molecule has 0 radical (unpaired) electrons. The smallest absolute Gasteiger partial charge is 0.270 e. The van der Waals surface area contributed by atoms with Crippen LogP contribution < -0.4 is 11.2 Å². The minimum Gasteiger partial charge on any atom is -0.365 e. The second-order valence-electron chi connectivity index (χ2n) is 9.93. The van der Waals surface area contributed by atoms with E-state index in [0.29, 0.717) is 18.6 Å². The Hall–Kier alpha value is -3.25. The monoisotopic (exact) mass is 508 g/mol. The van der Waals surface area contributed by atoms with Crippen LogP contribution in [0.5, 0.6) is 0 Å². The molecule has 2 fully saturated rings. The third-order valence-electron chi connectivity index (χ3n) is 7.50. The van der Waals surface area contributed by atoms with Gasteiger partial charge < -0.3 is 15.2 Å². The Morgan fingerprint density at radius 1 is 1.19 bits per heavy atom. The van der Waals surface area contributed by atoms with Crippen LogP contribution in [0.4, 0.5) is 17.6 Å². The molecular weight excluding hydrogens is 484 g/mol. The summed E-state index contributed by atoms with van der Waals surface area (Å²) in [6, 6.07) is 1.05. The number of fused-ring (bicyclic) bond motifs is 5. The maximum atomic E-state index is 16.0. The summed E-state index contributed by atoms with van der Waals surface area (Å²) in [5, 5.41) is 0.834. The molecule has 5 rings (SSSR count). The molecule has 3 aliphatic heterocycles. The third-order valence-corrected chi connectivity index (χ3v) is 7.50. The van der Waals surface area contributed by atoms with E-state index < -0.39 is 64.2 Å². The van der Waals surface area contributed by atoms with Gasteiger partial charge in [-0.15, -0.1) is 5.06 Å². The molecule has 8 nitrogen and oxygen atoms in total. The van der Waals surface area contributed by atoms with Crippen LogP contribution in [0.3, 0.4) is 0 Å². The zero-order valence-electron chi connectivity index (χ0n) is 19.6. The topological polar surface area (TPSA) is 97.9 Å². The maximum absolute atomic E-state index is 16.0. The predicted molar refractivity (Wildman–Crippen MR) is 118 cm³/mol. The van der Waals surface area contributed by atoms with E-state index in [1.54, 1.807) is 4.90 Å². The van der Waals surface area contributed by atoms with Gasteiger partial charge in [-0.1, -0.05) is 0 Å². The number of carbonyl (C=O) groups is 2. The van der Waals surface area contributed by atoms with Crippen LogP contribution >= 0.6 is 0 Å². The molecule has 1 aromatic heterocycles. The van der Waals surface area contributed by atoms with Crippen molar-refractivity contribution in [1.82, 2.24) is 14.5 Å². The second kappa shape index (κ2) is 8.13. The summed E-state index contributed by atoms with van der Waals surface area (Å²) in [4.78, 5) is 45.2. The molecule has 4 heterocycles. The van der Waals surface area contributed by atoms with E-state index in [1.807, 2.05) is 6.92 Å². The first-order valence-corrected chi connectivity index (χ1v) is 11.5. The van der Waals surface area contributed by atoms with Crippen LogP contribution in [0.2, 0.25) is 0 Å². The highest BCUT2D eigenvalue weighted by molar-refractivity contribution is 5.96. The van der Waals surface area contributed by atoms with Crippen LogP contribution in [0, 0.1) is 17.5 Å². The number of pyridine rings is 1. The van der Waals surface area contributed by atoms with Crippen molar-refractivity contribution >= 4 is 11.8 Å². The number of aromatic nitrogens is 1. The maximum Gasteiger partial charge on any atom is 0.270 e. The molecule has 3 aliphatic rings. The first-order chi connectivity index (χ1) is 16.8. The van der Waals surface area contributed by atoms with Gasteiger partial charge in [0.2, 0.25) is 0 Å². The van der Waals surface area contributed by atoms with Gasteiger partial charge in [0.1, 0.15) is 34.3 Å². The number of amides is 2. The fourth-order valence-corrected chi connectivity index (χ4v) is 5.60. The summed E-state index contributed by atoms with van der Waals surface area (Å²) < 4.78 is 59.5. The van der Waals surface area contributed by atoms with Crippen molar-refractivity contribution in [3.63, 3.8) is 0 Å². The number of carbonyl (C=O) groups excluding carboxylic acids is 2. The summed E-state index contributed by atoms with van der Waals surface area (Å²) in [6.07, 6.45) is 1.65. The molecule has 192 valence electrons. The lowest BCUT2D eigenvalue weighted by atomic mass is 9.83. The van der Waals surface area contributed by atoms with Crippen molar-refractivity contribution in [3.8, 4) is 0 Å². The van der Waals surface area contributed by atoms with Gasteiger partial charge in [0.05, 0.1) is 12.6 Å².